The van der Waals surface area contributed by atoms with Crippen LogP contribution >= 0.6 is 0 Å². The zero-order valence-electron chi connectivity index (χ0n) is 11.1. The average molecular weight is 243 g/mol. The van der Waals surface area contributed by atoms with Crippen molar-refractivity contribution in [2.45, 2.75) is 27.0 Å². The molecule has 0 fully saturated rings. The Morgan fingerprint density at radius 3 is 2.29 bits per heavy atom. The molecule has 1 rings (SSSR count). The van der Waals surface area contributed by atoms with E-state index in [0.29, 0.717) is 13.1 Å². The number of carbonyl (C=O) groups excluding carboxylic acids is 2. The maximum absolute atomic E-state index is 11.5. The molecule has 1 unspecified atom stereocenters. The number of hydrogen-bond acceptors (Lipinski definition) is 4. The molecule has 0 N–H and O–H groups in total. The summed E-state index contributed by atoms with van der Waals surface area (Å²) in [5, 5.41) is 0. The van der Waals surface area contributed by atoms with Crippen LogP contribution in [0.4, 0.5) is 0 Å². The summed E-state index contributed by atoms with van der Waals surface area (Å²) in [5.74, 6) is 0.358. The van der Waals surface area contributed by atoms with Crippen molar-refractivity contribution in [3.63, 3.8) is 0 Å². The van der Waals surface area contributed by atoms with Crippen LogP contribution in [-0.2, 0) is 19.1 Å². The lowest BCUT2D eigenvalue weighted by Crippen LogP contribution is -2.31. The first kappa shape index (κ1) is 15.6. The van der Waals surface area contributed by atoms with Crippen LogP contribution in [0.3, 0.4) is 0 Å². The standard InChI is InChI=1S/C9H15NO2.C3H6O2/c1-6(2)7-5-8(12-4)10(3)9(7)11;1-2-5-3-4/h5-6,8H,1-4H3;3H,2H2,1H3. The van der Waals surface area contributed by atoms with Gasteiger partial charge in [0.15, 0.2) is 6.23 Å². The van der Waals surface area contributed by atoms with E-state index in [4.69, 9.17) is 4.74 Å². The zero-order valence-corrected chi connectivity index (χ0v) is 11.1. The van der Waals surface area contributed by atoms with Crippen molar-refractivity contribution in [2.24, 2.45) is 5.92 Å². The molecule has 1 aliphatic rings. The van der Waals surface area contributed by atoms with E-state index >= 15 is 0 Å². The quantitative estimate of drug-likeness (QED) is 0.696. The monoisotopic (exact) mass is 243 g/mol. The van der Waals surface area contributed by atoms with E-state index in [9.17, 15) is 9.59 Å². The van der Waals surface area contributed by atoms with E-state index < -0.39 is 0 Å². The summed E-state index contributed by atoms with van der Waals surface area (Å²) in [6.07, 6.45) is 1.71. The van der Waals surface area contributed by atoms with Crippen molar-refractivity contribution in [3.8, 4) is 0 Å². The van der Waals surface area contributed by atoms with Gasteiger partial charge in [0.2, 0.25) is 0 Å². The molecule has 0 radical (unpaired) electrons. The molecule has 1 heterocycles. The van der Waals surface area contributed by atoms with Gasteiger partial charge in [0.25, 0.3) is 12.4 Å². The second-order valence-electron chi connectivity index (χ2n) is 3.87. The SMILES string of the molecule is CCOC=O.COC1C=C(C(C)C)C(=O)N1C. The van der Waals surface area contributed by atoms with Crippen LogP contribution in [-0.4, -0.2) is 44.3 Å². The van der Waals surface area contributed by atoms with Gasteiger partial charge >= 0.3 is 0 Å². The third-order valence-electron chi connectivity index (χ3n) is 2.37. The molecule has 1 amide bonds. The molecule has 0 aliphatic carbocycles. The number of amides is 1. The number of rotatable bonds is 4. The fourth-order valence-electron chi connectivity index (χ4n) is 1.39. The Bertz CT molecular complexity index is 286. The van der Waals surface area contributed by atoms with Crippen LogP contribution in [0.25, 0.3) is 0 Å². The van der Waals surface area contributed by atoms with E-state index in [-0.39, 0.29) is 18.1 Å². The van der Waals surface area contributed by atoms with Crippen molar-refractivity contribution < 1.29 is 19.1 Å². The van der Waals surface area contributed by atoms with Gasteiger partial charge in [-0.2, -0.15) is 0 Å². The molecule has 0 aromatic heterocycles. The van der Waals surface area contributed by atoms with Crippen LogP contribution in [0.1, 0.15) is 20.8 Å². The summed E-state index contributed by atoms with van der Waals surface area (Å²) in [6.45, 7) is 6.68. The molecule has 0 saturated heterocycles. The van der Waals surface area contributed by atoms with Crippen molar-refractivity contribution in [3.05, 3.63) is 11.6 Å². The normalized spacial score (nSPS) is 18.7. The zero-order chi connectivity index (χ0) is 13.4. The minimum Gasteiger partial charge on any atom is -0.468 e. The number of likely N-dealkylation sites (N-methyl/N-ethyl adjacent to an activating group) is 1. The molecule has 98 valence electrons. The first-order valence-electron chi connectivity index (χ1n) is 5.56. The summed E-state index contributed by atoms with van der Waals surface area (Å²) in [5.41, 5.74) is 0.851. The van der Waals surface area contributed by atoms with Crippen LogP contribution in [0, 0.1) is 5.92 Å². The topological polar surface area (TPSA) is 55.8 Å². The highest BCUT2D eigenvalue weighted by molar-refractivity contribution is 5.96. The van der Waals surface area contributed by atoms with Gasteiger partial charge in [-0.3, -0.25) is 9.59 Å². The lowest BCUT2D eigenvalue weighted by atomic mass is 10.0. The first-order valence-corrected chi connectivity index (χ1v) is 5.56. The Morgan fingerprint density at radius 2 is 2.12 bits per heavy atom. The highest BCUT2D eigenvalue weighted by Gasteiger charge is 2.30. The third-order valence-corrected chi connectivity index (χ3v) is 2.37. The predicted molar refractivity (Wildman–Crippen MR) is 64.2 cm³/mol. The van der Waals surface area contributed by atoms with E-state index in [1.165, 1.54) is 0 Å². The van der Waals surface area contributed by atoms with E-state index in [2.05, 4.69) is 4.74 Å². The fourth-order valence-corrected chi connectivity index (χ4v) is 1.39. The lowest BCUT2D eigenvalue weighted by molar-refractivity contribution is -0.131. The van der Waals surface area contributed by atoms with E-state index in [1.54, 1.807) is 26.0 Å². The van der Waals surface area contributed by atoms with Gasteiger partial charge in [0.05, 0.1) is 6.61 Å². The van der Waals surface area contributed by atoms with E-state index in [1.807, 2.05) is 19.9 Å². The lowest BCUT2D eigenvalue weighted by Gasteiger charge is -2.17. The molecule has 0 saturated carbocycles. The molecule has 0 aromatic carbocycles. The minimum atomic E-state index is -0.171. The highest BCUT2D eigenvalue weighted by Crippen LogP contribution is 2.22. The van der Waals surface area contributed by atoms with Gasteiger partial charge < -0.3 is 14.4 Å². The summed E-state index contributed by atoms with van der Waals surface area (Å²) in [6, 6.07) is 0. The van der Waals surface area contributed by atoms with Gasteiger partial charge in [-0.25, -0.2) is 0 Å². The second kappa shape index (κ2) is 7.84. The Balaban J connectivity index is 0.000000437. The Labute approximate surface area is 102 Å². The number of nitrogens with zero attached hydrogens (tertiary/aromatic N) is 1. The van der Waals surface area contributed by atoms with Crippen molar-refractivity contribution >= 4 is 12.4 Å². The average Bonchev–Trinajstić information content (AvgIpc) is 2.58. The second-order valence-corrected chi connectivity index (χ2v) is 3.87. The summed E-state index contributed by atoms with van der Waals surface area (Å²) >= 11 is 0. The highest BCUT2D eigenvalue weighted by atomic mass is 16.5. The maximum atomic E-state index is 11.5. The van der Waals surface area contributed by atoms with Gasteiger partial charge in [-0.15, -0.1) is 0 Å². The molecule has 0 bridgehead atoms. The van der Waals surface area contributed by atoms with Crippen LogP contribution in [0.5, 0.6) is 0 Å². The predicted octanol–water partition coefficient (Wildman–Crippen LogP) is 1.19. The molecule has 17 heavy (non-hydrogen) atoms. The minimum absolute atomic E-state index is 0.0804. The van der Waals surface area contributed by atoms with Crippen molar-refractivity contribution in [1.82, 2.24) is 4.90 Å². The van der Waals surface area contributed by atoms with Crippen molar-refractivity contribution in [2.75, 3.05) is 20.8 Å². The van der Waals surface area contributed by atoms with Gasteiger partial charge in [0, 0.05) is 19.7 Å². The van der Waals surface area contributed by atoms with Gasteiger partial charge in [-0.1, -0.05) is 13.8 Å². The number of methoxy groups -OCH3 is 1. The molecule has 5 nitrogen and oxygen atoms in total. The van der Waals surface area contributed by atoms with Gasteiger partial charge in [0.1, 0.15) is 0 Å². The molecule has 1 atom stereocenters. The molecule has 0 spiro atoms. The number of carbonyl (C=O) groups is 2. The molecule has 1 aliphatic heterocycles. The van der Waals surface area contributed by atoms with Gasteiger partial charge in [-0.05, 0) is 18.9 Å². The Hall–Kier alpha value is -1.36. The maximum Gasteiger partial charge on any atom is 0.293 e. The first-order chi connectivity index (χ1) is 7.99. The smallest absolute Gasteiger partial charge is 0.293 e. The summed E-state index contributed by atoms with van der Waals surface area (Å²) in [7, 11) is 3.36. The molecule has 5 heteroatoms. The Morgan fingerprint density at radius 1 is 1.53 bits per heavy atom. The number of hydrogen-bond donors (Lipinski definition) is 0. The van der Waals surface area contributed by atoms with Crippen LogP contribution in [0.2, 0.25) is 0 Å². The molecular formula is C12H21NO4. The van der Waals surface area contributed by atoms with E-state index in [0.717, 1.165) is 5.57 Å². The summed E-state index contributed by atoms with van der Waals surface area (Å²) < 4.78 is 9.26. The van der Waals surface area contributed by atoms with Crippen LogP contribution < -0.4 is 0 Å². The third kappa shape index (κ3) is 4.56. The van der Waals surface area contributed by atoms with Crippen LogP contribution in [0.15, 0.2) is 11.6 Å². The Kier molecular flexibility index (Phi) is 7.21. The largest absolute Gasteiger partial charge is 0.468 e. The fraction of sp³-hybridized carbons (Fsp3) is 0.667. The summed E-state index contributed by atoms with van der Waals surface area (Å²) in [4.78, 5) is 22.3. The molecule has 0 aromatic rings. The van der Waals surface area contributed by atoms with Crippen molar-refractivity contribution in [1.29, 1.82) is 0 Å². The number of ether oxygens (including phenoxy) is 2. The molecular weight excluding hydrogens is 222 g/mol.